The van der Waals surface area contributed by atoms with Crippen LogP contribution >= 0.6 is 11.6 Å². The van der Waals surface area contributed by atoms with Gasteiger partial charge in [-0.3, -0.25) is 38.4 Å². The lowest BCUT2D eigenvalue weighted by Gasteiger charge is -2.48. The molecule has 58 heavy (non-hydrogen) atoms. The van der Waals surface area contributed by atoms with Crippen LogP contribution in [0.5, 0.6) is 5.75 Å². The van der Waals surface area contributed by atoms with Crippen molar-refractivity contribution in [3.05, 3.63) is 28.8 Å². The minimum absolute atomic E-state index is 0.0226. The molecule has 2 heterocycles. The Hall–Kier alpha value is -5.05. The van der Waals surface area contributed by atoms with E-state index in [1.807, 2.05) is 6.92 Å². The Morgan fingerprint density at radius 1 is 0.621 bits per heavy atom. The topological polar surface area (TPSA) is 250 Å². The lowest BCUT2D eigenvalue weighted by Crippen LogP contribution is -2.68. The summed E-state index contributed by atoms with van der Waals surface area (Å²) >= 11 is 6.39. The van der Waals surface area contributed by atoms with Crippen molar-refractivity contribution in [2.75, 3.05) is 19.8 Å². The van der Waals surface area contributed by atoms with Crippen LogP contribution < -0.4 is 10.1 Å². The number of hydrogen-bond acceptors (Lipinski definition) is 19. The molecule has 0 saturated carbocycles. The van der Waals surface area contributed by atoms with E-state index in [2.05, 4.69) is 5.32 Å². The smallest absolute Gasteiger partial charge is 0.303 e. The van der Waals surface area contributed by atoms with Gasteiger partial charge >= 0.3 is 41.8 Å². The normalized spacial score (nSPS) is 26.5. The Morgan fingerprint density at radius 3 is 1.60 bits per heavy atom. The SMILES string of the molecule is CCCCOc1ccc(C(=O)N[C@@H]2O[C@H](COC(C)=O)[C@@H](O[C@@H]3O[C@H](COC(C)=O)[C@@H](OC(C)=O)[C@H](OC(C)=O)[C@H]3OC(C)=O)[C@H](OC(C)=O)[C@H]2OC(C)=O)cc1Cl. The van der Waals surface area contributed by atoms with Crippen molar-refractivity contribution >= 4 is 59.3 Å². The molecule has 20 nitrogen and oxygen atoms in total. The Kier molecular flexibility index (Phi) is 18.1. The van der Waals surface area contributed by atoms with Gasteiger partial charge in [0.15, 0.2) is 43.0 Å². The predicted molar refractivity (Wildman–Crippen MR) is 193 cm³/mol. The van der Waals surface area contributed by atoms with E-state index >= 15 is 0 Å². The molecule has 2 aliphatic rings. The summed E-state index contributed by atoms with van der Waals surface area (Å²) in [6.07, 6.45) is -14.9. The first kappa shape index (κ1) is 47.3. The Labute approximate surface area is 338 Å². The fourth-order valence-corrected chi connectivity index (χ4v) is 6.16. The number of halogens is 1. The molecular formula is C37H48ClNO19. The molecule has 21 heteroatoms. The van der Waals surface area contributed by atoms with Crippen molar-refractivity contribution < 1.29 is 90.5 Å². The molecule has 322 valence electrons. The zero-order valence-corrected chi connectivity index (χ0v) is 33.9. The highest BCUT2D eigenvalue weighted by atomic mass is 35.5. The van der Waals surface area contributed by atoms with Gasteiger partial charge < -0.3 is 57.4 Å². The van der Waals surface area contributed by atoms with Gasteiger partial charge in [0.25, 0.3) is 5.91 Å². The number of benzene rings is 1. The molecule has 0 spiro atoms. The molecule has 1 N–H and O–H groups in total. The maximum absolute atomic E-state index is 13.7. The lowest BCUT2D eigenvalue weighted by atomic mass is 9.95. The van der Waals surface area contributed by atoms with Crippen LogP contribution in [0, 0.1) is 0 Å². The number of hydrogen-bond donors (Lipinski definition) is 1. The third kappa shape index (κ3) is 14.1. The van der Waals surface area contributed by atoms with Crippen molar-refractivity contribution in [1.29, 1.82) is 0 Å². The number of amides is 1. The van der Waals surface area contributed by atoms with E-state index in [9.17, 15) is 38.4 Å². The van der Waals surface area contributed by atoms with Crippen LogP contribution in [0.1, 0.15) is 78.6 Å². The number of unbranched alkanes of at least 4 members (excludes halogenated alkanes) is 1. The van der Waals surface area contributed by atoms with Crippen LogP contribution in [0.4, 0.5) is 0 Å². The van der Waals surface area contributed by atoms with Gasteiger partial charge in [-0.15, -0.1) is 0 Å². The van der Waals surface area contributed by atoms with Crippen LogP contribution in [0.25, 0.3) is 0 Å². The predicted octanol–water partition coefficient (Wildman–Crippen LogP) is 1.87. The summed E-state index contributed by atoms with van der Waals surface area (Å²) < 4.78 is 62.2. The molecule has 2 saturated heterocycles. The summed E-state index contributed by atoms with van der Waals surface area (Å²) in [6, 6.07) is 4.24. The van der Waals surface area contributed by atoms with Crippen molar-refractivity contribution in [1.82, 2.24) is 5.32 Å². The monoisotopic (exact) mass is 845 g/mol. The maximum atomic E-state index is 13.7. The van der Waals surface area contributed by atoms with Crippen LogP contribution in [-0.2, 0) is 80.9 Å². The van der Waals surface area contributed by atoms with E-state index in [0.29, 0.717) is 12.4 Å². The van der Waals surface area contributed by atoms with Gasteiger partial charge in [0.1, 0.15) is 37.3 Å². The highest BCUT2D eigenvalue weighted by Crippen LogP contribution is 2.35. The quantitative estimate of drug-likeness (QED) is 0.133. The lowest BCUT2D eigenvalue weighted by molar-refractivity contribution is -0.345. The number of carbonyl (C=O) groups excluding carboxylic acids is 8. The fourth-order valence-electron chi connectivity index (χ4n) is 5.93. The maximum Gasteiger partial charge on any atom is 0.303 e. The van der Waals surface area contributed by atoms with Gasteiger partial charge in [0.05, 0.1) is 11.6 Å². The van der Waals surface area contributed by atoms with E-state index < -0.39 is 122 Å². The molecule has 1 aromatic carbocycles. The van der Waals surface area contributed by atoms with Crippen molar-refractivity contribution in [3.63, 3.8) is 0 Å². The summed E-state index contributed by atoms with van der Waals surface area (Å²) in [6.45, 7) is 8.42. The molecule has 0 bridgehead atoms. The number of rotatable bonds is 17. The summed E-state index contributed by atoms with van der Waals surface area (Å²) in [7, 11) is 0. The molecule has 1 amide bonds. The second-order valence-electron chi connectivity index (χ2n) is 13.0. The van der Waals surface area contributed by atoms with Gasteiger partial charge in [-0.05, 0) is 24.6 Å². The molecule has 0 aliphatic carbocycles. The van der Waals surface area contributed by atoms with Gasteiger partial charge in [0.2, 0.25) is 0 Å². The number of nitrogens with one attached hydrogen (secondary N) is 1. The molecule has 0 unspecified atom stereocenters. The average molecular weight is 846 g/mol. The Balaban J connectivity index is 2.13. The third-order valence-electron chi connectivity index (χ3n) is 8.15. The standard InChI is InChI=1S/C37H48ClNO19/c1-9-10-13-48-26-12-11-24(14-25(26)38)35(47)39-36-33(54-22(7)45)31(52-20(5)43)30(27(56-36)15-49-17(2)40)58-37-34(55-23(8)46)32(53-21(6)44)29(51-19(4)42)28(57-37)16-50-18(3)41/h11-12,14,27-34,36-37H,9-10,13,15-16H2,1-8H3,(H,39,47)/t27-,28-,29-,30-,31+,32+,33-,34-,36-,37+/m1/s1. The largest absolute Gasteiger partial charge is 0.492 e. The zero-order chi connectivity index (χ0) is 43.3. The van der Waals surface area contributed by atoms with Crippen LogP contribution in [-0.4, -0.2) is 129 Å². The van der Waals surface area contributed by atoms with E-state index in [4.69, 9.17) is 63.7 Å². The van der Waals surface area contributed by atoms with Crippen molar-refractivity contribution in [2.45, 2.75) is 130 Å². The van der Waals surface area contributed by atoms with E-state index in [-0.39, 0.29) is 10.6 Å². The molecule has 10 atom stereocenters. The fraction of sp³-hybridized carbons (Fsp3) is 0.622. The summed E-state index contributed by atoms with van der Waals surface area (Å²) in [5.74, 6) is -6.66. The summed E-state index contributed by atoms with van der Waals surface area (Å²) in [5.41, 5.74) is 0.0226. The Bertz CT molecular complexity index is 1670. The third-order valence-corrected chi connectivity index (χ3v) is 8.45. The van der Waals surface area contributed by atoms with Gasteiger partial charge in [-0.25, -0.2) is 0 Å². The number of esters is 7. The molecule has 0 aromatic heterocycles. The minimum atomic E-state index is -1.86. The average Bonchev–Trinajstić information content (AvgIpc) is 3.11. The molecule has 2 aliphatic heterocycles. The van der Waals surface area contributed by atoms with Crippen LogP contribution in [0.2, 0.25) is 5.02 Å². The molecular weight excluding hydrogens is 798 g/mol. The molecule has 1 aromatic rings. The highest BCUT2D eigenvalue weighted by molar-refractivity contribution is 6.32. The van der Waals surface area contributed by atoms with Crippen molar-refractivity contribution in [2.24, 2.45) is 0 Å². The molecule has 2 fully saturated rings. The second kappa shape index (κ2) is 22.2. The molecule has 0 radical (unpaired) electrons. The summed E-state index contributed by atoms with van der Waals surface area (Å²) in [4.78, 5) is 99.9. The van der Waals surface area contributed by atoms with Gasteiger partial charge in [0, 0.05) is 54.0 Å². The van der Waals surface area contributed by atoms with Crippen LogP contribution in [0.3, 0.4) is 0 Å². The summed E-state index contributed by atoms with van der Waals surface area (Å²) in [5, 5.41) is 2.70. The number of carbonyl (C=O) groups is 8. The zero-order valence-electron chi connectivity index (χ0n) is 33.2. The number of ether oxygens (including phenoxy) is 11. The van der Waals surface area contributed by atoms with E-state index in [0.717, 1.165) is 61.3 Å². The van der Waals surface area contributed by atoms with Crippen molar-refractivity contribution in [3.8, 4) is 5.75 Å². The Morgan fingerprint density at radius 2 is 1.10 bits per heavy atom. The first-order valence-corrected chi connectivity index (χ1v) is 18.5. The van der Waals surface area contributed by atoms with Crippen LogP contribution in [0.15, 0.2) is 18.2 Å². The van der Waals surface area contributed by atoms with E-state index in [1.54, 1.807) is 0 Å². The second-order valence-corrected chi connectivity index (χ2v) is 13.4. The first-order chi connectivity index (χ1) is 27.3. The van der Waals surface area contributed by atoms with E-state index in [1.165, 1.54) is 18.2 Å². The van der Waals surface area contributed by atoms with Gasteiger partial charge in [-0.2, -0.15) is 0 Å². The minimum Gasteiger partial charge on any atom is -0.492 e. The highest BCUT2D eigenvalue weighted by Gasteiger charge is 2.57. The first-order valence-electron chi connectivity index (χ1n) is 18.1. The molecule has 3 rings (SSSR count). The van der Waals surface area contributed by atoms with Gasteiger partial charge in [-0.1, -0.05) is 24.9 Å².